The second-order valence-corrected chi connectivity index (χ2v) is 6.35. The quantitative estimate of drug-likeness (QED) is 0.803. The van der Waals surface area contributed by atoms with Gasteiger partial charge in [-0.1, -0.05) is 6.07 Å². The van der Waals surface area contributed by atoms with Crippen molar-refractivity contribution in [3.05, 3.63) is 23.8 Å². The molecule has 1 atom stereocenters. The molecule has 0 radical (unpaired) electrons. The van der Waals surface area contributed by atoms with E-state index in [1.165, 1.54) is 0 Å². The number of rotatable bonds is 6. The van der Waals surface area contributed by atoms with E-state index in [1.807, 2.05) is 6.07 Å². The maximum absolute atomic E-state index is 12.2. The smallest absolute Gasteiger partial charge is 0.308 e. The van der Waals surface area contributed by atoms with Crippen molar-refractivity contribution in [2.24, 2.45) is 11.8 Å². The number of fused-ring (bicyclic) bond motifs is 1. The van der Waals surface area contributed by atoms with Crippen LogP contribution >= 0.6 is 0 Å². The highest BCUT2D eigenvalue weighted by molar-refractivity contribution is 5.79. The highest BCUT2D eigenvalue weighted by Crippen LogP contribution is 2.31. The first-order chi connectivity index (χ1) is 12.1. The number of carbonyl (C=O) groups excluding carboxylic acids is 1. The summed E-state index contributed by atoms with van der Waals surface area (Å²) in [7, 11) is 0. The van der Waals surface area contributed by atoms with Gasteiger partial charge in [-0.2, -0.15) is 0 Å². The molecule has 7 heteroatoms. The molecule has 0 aliphatic carbocycles. The van der Waals surface area contributed by atoms with Crippen molar-refractivity contribution in [2.45, 2.75) is 19.3 Å². The average molecular weight is 349 g/mol. The number of ether oxygens (including phenoxy) is 3. The number of nitrogens with one attached hydrogen (secondary N) is 1. The third-order valence-electron chi connectivity index (χ3n) is 4.64. The third-order valence-corrected chi connectivity index (χ3v) is 4.64. The van der Waals surface area contributed by atoms with Crippen LogP contribution in [0, 0.1) is 11.8 Å². The summed E-state index contributed by atoms with van der Waals surface area (Å²) in [5, 5.41) is 12.2. The first kappa shape index (κ1) is 17.5. The van der Waals surface area contributed by atoms with E-state index in [4.69, 9.17) is 14.2 Å². The molecule has 136 valence electrons. The molecule has 2 aliphatic heterocycles. The molecule has 0 saturated carbocycles. The van der Waals surface area contributed by atoms with E-state index in [1.54, 1.807) is 12.1 Å². The van der Waals surface area contributed by atoms with Crippen LogP contribution in [0.15, 0.2) is 18.2 Å². The van der Waals surface area contributed by atoms with Gasteiger partial charge in [0.2, 0.25) is 5.91 Å². The topological polar surface area (TPSA) is 94.1 Å². The van der Waals surface area contributed by atoms with Crippen molar-refractivity contribution < 1.29 is 28.9 Å². The fourth-order valence-electron chi connectivity index (χ4n) is 3.24. The summed E-state index contributed by atoms with van der Waals surface area (Å²) in [5.74, 6) is -0.279. The van der Waals surface area contributed by atoms with Crippen molar-refractivity contribution in [3.63, 3.8) is 0 Å². The third kappa shape index (κ3) is 4.63. The van der Waals surface area contributed by atoms with Gasteiger partial charge in [-0.15, -0.1) is 0 Å². The van der Waals surface area contributed by atoms with Gasteiger partial charge in [0, 0.05) is 19.8 Å². The van der Waals surface area contributed by atoms with Gasteiger partial charge in [0.15, 0.2) is 11.5 Å². The lowest BCUT2D eigenvalue weighted by Gasteiger charge is -2.27. The minimum absolute atomic E-state index is 0.0424. The zero-order valence-corrected chi connectivity index (χ0v) is 14.0. The molecule has 25 heavy (non-hydrogen) atoms. The lowest BCUT2D eigenvalue weighted by Crippen LogP contribution is -2.39. The number of carboxylic acids is 1. The highest BCUT2D eigenvalue weighted by Gasteiger charge is 2.30. The molecule has 0 spiro atoms. The van der Waals surface area contributed by atoms with Crippen LogP contribution in [-0.2, 0) is 20.7 Å². The Morgan fingerprint density at radius 3 is 2.56 bits per heavy atom. The molecule has 2 N–H and O–H groups in total. The van der Waals surface area contributed by atoms with Crippen molar-refractivity contribution in [3.8, 4) is 11.5 Å². The number of amides is 1. The molecule has 2 heterocycles. The summed E-state index contributed by atoms with van der Waals surface area (Å²) in [5.41, 5.74) is 0.805. The molecule has 0 aromatic heterocycles. The monoisotopic (exact) mass is 349 g/mol. The Labute approximate surface area is 146 Å². The number of hydrogen-bond donors (Lipinski definition) is 2. The molecule has 1 unspecified atom stereocenters. The zero-order chi connectivity index (χ0) is 17.6. The number of aliphatic carboxylic acids is 1. The van der Waals surface area contributed by atoms with Crippen molar-refractivity contribution >= 4 is 11.9 Å². The average Bonchev–Trinajstić information content (AvgIpc) is 2.62. The summed E-state index contributed by atoms with van der Waals surface area (Å²) in [6.07, 6.45) is 1.61. The molecule has 1 fully saturated rings. The van der Waals surface area contributed by atoms with Crippen LogP contribution in [0.25, 0.3) is 0 Å². The van der Waals surface area contributed by atoms with Crippen LogP contribution in [0.1, 0.15) is 18.4 Å². The number of hydrogen-bond acceptors (Lipinski definition) is 5. The van der Waals surface area contributed by atoms with Gasteiger partial charge < -0.3 is 24.6 Å². The summed E-state index contributed by atoms with van der Waals surface area (Å²) in [6, 6.07) is 5.40. The Kier molecular flexibility index (Phi) is 5.75. The van der Waals surface area contributed by atoms with Gasteiger partial charge >= 0.3 is 5.97 Å². The fraction of sp³-hybridized carbons (Fsp3) is 0.556. The van der Waals surface area contributed by atoms with Crippen molar-refractivity contribution in [2.75, 3.05) is 33.0 Å². The van der Waals surface area contributed by atoms with Crippen LogP contribution in [0.3, 0.4) is 0 Å². The van der Waals surface area contributed by atoms with Crippen LogP contribution in [0.5, 0.6) is 11.5 Å². The van der Waals surface area contributed by atoms with E-state index in [0.717, 1.165) is 18.4 Å². The van der Waals surface area contributed by atoms with Gasteiger partial charge in [-0.3, -0.25) is 9.59 Å². The largest absolute Gasteiger partial charge is 0.486 e. The zero-order valence-electron chi connectivity index (χ0n) is 14.0. The van der Waals surface area contributed by atoms with E-state index in [0.29, 0.717) is 37.9 Å². The summed E-state index contributed by atoms with van der Waals surface area (Å²) >= 11 is 0. The second-order valence-electron chi connectivity index (χ2n) is 6.35. The maximum atomic E-state index is 12.2. The van der Waals surface area contributed by atoms with E-state index in [9.17, 15) is 14.7 Å². The molecule has 2 aliphatic rings. The molecule has 1 aromatic rings. The van der Waals surface area contributed by atoms with Crippen molar-refractivity contribution in [1.29, 1.82) is 0 Å². The maximum Gasteiger partial charge on any atom is 0.308 e. The fourth-order valence-corrected chi connectivity index (χ4v) is 3.24. The minimum Gasteiger partial charge on any atom is -0.486 e. The summed E-state index contributed by atoms with van der Waals surface area (Å²) < 4.78 is 16.2. The minimum atomic E-state index is -0.869. The molecule has 1 amide bonds. The number of carboxylic acid groups (broad SMARTS) is 1. The Morgan fingerprint density at radius 2 is 1.84 bits per heavy atom. The summed E-state index contributed by atoms with van der Waals surface area (Å²) in [6.45, 7) is 2.33. The second kappa shape index (κ2) is 8.20. The normalized spacial score (nSPS) is 18.4. The van der Waals surface area contributed by atoms with E-state index >= 15 is 0 Å². The van der Waals surface area contributed by atoms with Crippen molar-refractivity contribution in [1.82, 2.24) is 5.32 Å². The number of benzene rings is 1. The van der Waals surface area contributed by atoms with Crippen LogP contribution in [0.4, 0.5) is 0 Å². The van der Waals surface area contributed by atoms with E-state index in [2.05, 4.69) is 5.32 Å². The molecule has 0 bridgehead atoms. The lowest BCUT2D eigenvalue weighted by molar-refractivity contribution is -0.144. The molecule has 1 saturated heterocycles. The highest BCUT2D eigenvalue weighted by atomic mass is 16.6. The lowest BCUT2D eigenvalue weighted by atomic mass is 9.86. The summed E-state index contributed by atoms with van der Waals surface area (Å²) in [4.78, 5) is 23.7. The van der Waals surface area contributed by atoms with Crippen LogP contribution in [-0.4, -0.2) is 50.0 Å². The predicted octanol–water partition coefficient (Wildman–Crippen LogP) is 1.24. The molecule has 7 nitrogen and oxygen atoms in total. The first-order valence-electron chi connectivity index (χ1n) is 8.59. The Bertz CT molecular complexity index is 626. The van der Waals surface area contributed by atoms with Crippen LogP contribution in [0.2, 0.25) is 0 Å². The first-order valence-corrected chi connectivity index (χ1v) is 8.59. The Balaban J connectivity index is 1.53. The van der Waals surface area contributed by atoms with Crippen LogP contribution < -0.4 is 14.8 Å². The van der Waals surface area contributed by atoms with Gasteiger partial charge in [0.1, 0.15) is 13.2 Å². The molecule has 1 aromatic carbocycles. The molecule has 3 rings (SSSR count). The SMILES string of the molecule is O=C(Cc1ccc2c(c1)OCCO2)NCC(C(=O)O)C1CCOCC1. The van der Waals surface area contributed by atoms with E-state index in [-0.39, 0.29) is 24.8 Å². The molecular formula is C18H23NO6. The molecular weight excluding hydrogens is 326 g/mol. The Hall–Kier alpha value is -2.28. The standard InChI is InChI=1S/C18H23NO6/c20-17(10-12-1-2-15-16(9-12)25-8-7-24-15)19-11-14(18(21)22)13-3-5-23-6-4-13/h1-2,9,13-14H,3-8,10-11H2,(H,19,20)(H,21,22). The van der Waals surface area contributed by atoms with Gasteiger partial charge in [0.25, 0.3) is 0 Å². The predicted molar refractivity (Wildman–Crippen MR) is 88.8 cm³/mol. The van der Waals surface area contributed by atoms with Gasteiger partial charge in [0.05, 0.1) is 12.3 Å². The van der Waals surface area contributed by atoms with Gasteiger partial charge in [-0.05, 0) is 36.5 Å². The Morgan fingerprint density at radius 1 is 1.12 bits per heavy atom. The van der Waals surface area contributed by atoms with Gasteiger partial charge in [-0.25, -0.2) is 0 Å². The number of carbonyl (C=O) groups is 2. The van der Waals surface area contributed by atoms with E-state index < -0.39 is 11.9 Å².